The number of pyridine rings is 1. The zero-order valence-corrected chi connectivity index (χ0v) is 12.2. The van der Waals surface area contributed by atoms with Crippen molar-refractivity contribution < 1.29 is 17.2 Å². The van der Waals surface area contributed by atoms with Crippen LogP contribution >= 0.6 is 15.9 Å². The highest BCUT2D eigenvalue weighted by atomic mass is 79.9. The van der Waals surface area contributed by atoms with Gasteiger partial charge in [0.2, 0.25) is 0 Å². The van der Waals surface area contributed by atoms with Gasteiger partial charge < -0.3 is 5.73 Å². The highest BCUT2D eigenvalue weighted by Gasteiger charge is 2.20. The fourth-order valence-corrected chi connectivity index (χ4v) is 2.81. The molecule has 0 aliphatic rings. The Morgan fingerprint density at radius 3 is 2.30 bits per heavy atom. The summed E-state index contributed by atoms with van der Waals surface area (Å²) in [5.74, 6) is -1.95. The number of nitrogen functional groups attached to an aromatic ring is 1. The predicted octanol–water partition coefficient (Wildman–Crippen LogP) is 2.51. The van der Waals surface area contributed by atoms with Crippen LogP contribution in [-0.4, -0.2) is 13.4 Å². The molecule has 0 amide bonds. The Hall–Kier alpha value is -1.74. The third-order valence-corrected chi connectivity index (χ3v) is 4.11. The number of nitrogens with two attached hydrogens (primary N) is 1. The summed E-state index contributed by atoms with van der Waals surface area (Å²) in [6.45, 7) is 0. The number of sulfonamides is 1. The quantitative estimate of drug-likeness (QED) is 0.877. The first kappa shape index (κ1) is 14.7. The highest BCUT2D eigenvalue weighted by molar-refractivity contribution is 9.10. The number of nitrogens with one attached hydrogen (secondary N) is 1. The van der Waals surface area contributed by atoms with E-state index >= 15 is 0 Å². The van der Waals surface area contributed by atoms with Crippen LogP contribution in [0.25, 0.3) is 0 Å². The number of nitrogens with zero attached hydrogens (tertiary/aromatic N) is 1. The number of anilines is 2. The minimum absolute atomic E-state index is 0.130. The molecule has 0 aliphatic heterocycles. The van der Waals surface area contributed by atoms with Crippen LogP contribution in [0.1, 0.15) is 0 Å². The Bertz CT molecular complexity index is 728. The lowest BCUT2D eigenvalue weighted by atomic mass is 10.3. The van der Waals surface area contributed by atoms with Crippen molar-refractivity contribution in [3.8, 4) is 0 Å². The molecule has 20 heavy (non-hydrogen) atoms. The minimum Gasteiger partial charge on any atom is -0.384 e. The molecule has 2 rings (SSSR count). The van der Waals surface area contributed by atoms with E-state index in [1.54, 1.807) is 0 Å². The Balaban J connectivity index is 2.41. The third-order valence-electron chi connectivity index (χ3n) is 2.31. The molecular weight excluding hydrogens is 356 g/mol. The van der Waals surface area contributed by atoms with Crippen molar-refractivity contribution in [2.45, 2.75) is 4.90 Å². The first-order valence-electron chi connectivity index (χ1n) is 5.18. The fraction of sp³-hybridized carbons (Fsp3) is 0. The maximum Gasteiger partial charge on any atom is 0.263 e. The molecule has 0 aliphatic carbocycles. The molecule has 0 unspecified atom stereocenters. The molecule has 0 bridgehead atoms. The van der Waals surface area contributed by atoms with E-state index in [-0.39, 0.29) is 15.2 Å². The molecule has 0 saturated carbocycles. The van der Waals surface area contributed by atoms with Gasteiger partial charge in [-0.1, -0.05) is 15.9 Å². The number of aromatic nitrogens is 1. The van der Waals surface area contributed by atoms with Gasteiger partial charge in [-0.2, -0.15) is 0 Å². The van der Waals surface area contributed by atoms with Gasteiger partial charge in [0.05, 0.1) is 0 Å². The van der Waals surface area contributed by atoms with Gasteiger partial charge in [-0.3, -0.25) is 4.72 Å². The van der Waals surface area contributed by atoms with Gasteiger partial charge in [0, 0.05) is 10.7 Å². The van der Waals surface area contributed by atoms with E-state index in [1.165, 1.54) is 12.1 Å². The number of rotatable bonds is 3. The molecule has 1 heterocycles. The smallest absolute Gasteiger partial charge is 0.263 e. The fourth-order valence-electron chi connectivity index (χ4n) is 1.38. The predicted molar refractivity (Wildman–Crippen MR) is 73.5 cm³/mol. The first-order chi connectivity index (χ1) is 9.29. The van der Waals surface area contributed by atoms with Crippen molar-refractivity contribution in [1.82, 2.24) is 4.98 Å². The molecule has 1 aromatic heterocycles. The summed E-state index contributed by atoms with van der Waals surface area (Å²) in [5.41, 5.74) is 4.58. The minimum atomic E-state index is -4.15. The van der Waals surface area contributed by atoms with Crippen molar-refractivity contribution in [3.63, 3.8) is 0 Å². The van der Waals surface area contributed by atoms with Gasteiger partial charge in [-0.05, 0) is 24.3 Å². The summed E-state index contributed by atoms with van der Waals surface area (Å²) in [5, 5.41) is 0. The molecule has 0 radical (unpaired) electrons. The second-order valence-electron chi connectivity index (χ2n) is 3.77. The van der Waals surface area contributed by atoms with Crippen LogP contribution < -0.4 is 10.5 Å². The Morgan fingerprint density at radius 2 is 1.80 bits per heavy atom. The van der Waals surface area contributed by atoms with E-state index in [4.69, 9.17) is 5.73 Å². The van der Waals surface area contributed by atoms with Gasteiger partial charge in [0.1, 0.15) is 16.4 Å². The SMILES string of the molecule is Nc1ccc(S(=O)(=O)Nc2c(F)cc(Br)cc2F)cn1. The molecule has 9 heteroatoms. The molecular formula is C11H8BrF2N3O2S. The van der Waals surface area contributed by atoms with E-state index < -0.39 is 27.3 Å². The number of halogens is 3. The molecule has 0 saturated heterocycles. The van der Waals surface area contributed by atoms with E-state index in [0.29, 0.717) is 0 Å². The number of benzene rings is 1. The third kappa shape index (κ3) is 3.05. The summed E-state index contributed by atoms with van der Waals surface area (Å²) in [6, 6.07) is 4.34. The van der Waals surface area contributed by atoms with E-state index in [0.717, 1.165) is 18.3 Å². The van der Waals surface area contributed by atoms with Crippen LogP contribution in [0.15, 0.2) is 39.8 Å². The van der Waals surface area contributed by atoms with Crippen molar-refractivity contribution in [2.75, 3.05) is 10.5 Å². The summed E-state index contributed by atoms with van der Waals surface area (Å²) >= 11 is 2.90. The van der Waals surface area contributed by atoms with Crippen LogP contribution in [0.5, 0.6) is 0 Å². The first-order valence-corrected chi connectivity index (χ1v) is 7.46. The summed E-state index contributed by atoms with van der Waals surface area (Å²) in [7, 11) is -4.15. The largest absolute Gasteiger partial charge is 0.384 e. The highest BCUT2D eigenvalue weighted by Crippen LogP contribution is 2.26. The molecule has 0 fully saturated rings. The lowest BCUT2D eigenvalue weighted by Gasteiger charge is -2.10. The molecule has 0 spiro atoms. The second-order valence-corrected chi connectivity index (χ2v) is 6.37. The van der Waals surface area contributed by atoms with Gasteiger partial charge in [-0.25, -0.2) is 22.2 Å². The average molecular weight is 364 g/mol. The van der Waals surface area contributed by atoms with Crippen LogP contribution in [0.3, 0.4) is 0 Å². The molecule has 0 atom stereocenters. The van der Waals surface area contributed by atoms with E-state index in [9.17, 15) is 17.2 Å². The summed E-state index contributed by atoms with van der Waals surface area (Å²) in [4.78, 5) is 3.35. The van der Waals surface area contributed by atoms with Crippen LogP contribution in [-0.2, 0) is 10.0 Å². The van der Waals surface area contributed by atoms with E-state index in [1.807, 2.05) is 4.72 Å². The molecule has 1 aromatic carbocycles. The van der Waals surface area contributed by atoms with Crippen molar-refractivity contribution in [3.05, 3.63) is 46.6 Å². The average Bonchev–Trinajstić information content (AvgIpc) is 2.34. The topological polar surface area (TPSA) is 85.1 Å². The molecule has 5 nitrogen and oxygen atoms in total. The molecule has 3 N–H and O–H groups in total. The molecule has 106 valence electrons. The Morgan fingerprint density at radius 1 is 1.20 bits per heavy atom. The van der Waals surface area contributed by atoms with E-state index in [2.05, 4.69) is 20.9 Å². The normalized spacial score (nSPS) is 11.3. The Labute approximate surface area is 122 Å². The zero-order chi connectivity index (χ0) is 14.9. The lowest BCUT2D eigenvalue weighted by molar-refractivity contribution is 0.581. The maximum absolute atomic E-state index is 13.6. The van der Waals surface area contributed by atoms with Gasteiger partial charge in [0.25, 0.3) is 10.0 Å². The van der Waals surface area contributed by atoms with Crippen LogP contribution in [0.2, 0.25) is 0 Å². The maximum atomic E-state index is 13.6. The van der Waals surface area contributed by atoms with Gasteiger partial charge in [0.15, 0.2) is 11.6 Å². The summed E-state index contributed by atoms with van der Waals surface area (Å²) in [6.07, 6.45) is 0.992. The van der Waals surface area contributed by atoms with Crippen molar-refractivity contribution in [1.29, 1.82) is 0 Å². The standard InChI is InChI=1S/C11H8BrF2N3O2S/c12-6-3-8(13)11(9(14)4-6)17-20(18,19)7-1-2-10(15)16-5-7/h1-5,17H,(H2,15,16). The van der Waals surface area contributed by atoms with Crippen LogP contribution in [0.4, 0.5) is 20.3 Å². The van der Waals surface area contributed by atoms with Crippen molar-refractivity contribution >= 4 is 37.5 Å². The zero-order valence-electron chi connectivity index (χ0n) is 9.77. The van der Waals surface area contributed by atoms with Crippen molar-refractivity contribution in [2.24, 2.45) is 0 Å². The second kappa shape index (κ2) is 5.33. The summed E-state index contributed by atoms with van der Waals surface area (Å²) < 4.78 is 53.1. The van der Waals surface area contributed by atoms with Gasteiger partial charge >= 0.3 is 0 Å². The van der Waals surface area contributed by atoms with Gasteiger partial charge in [-0.15, -0.1) is 0 Å². The van der Waals surface area contributed by atoms with Crippen LogP contribution in [0, 0.1) is 11.6 Å². The molecule has 2 aromatic rings. The number of hydrogen-bond donors (Lipinski definition) is 2. The lowest BCUT2D eigenvalue weighted by Crippen LogP contribution is -2.15. The monoisotopic (exact) mass is 363 g/mol. The number of hydrogen-bond acceptors (Lipinski definition) is 4. The Kier molecular flexibility index (Phi) is 3.91.